The first-order valence-corrected chi connectivity index (χ1v) is 10.7. The van der Waals surface area contributed by atoms with Crippen molar-refractivity contribution in [1.29, 1.82) is 0 Å². The molecule has 1 aromatic rings. The molecular formula is C24H34ClNO3. The van der Waals surface area contributed by atoms with Crippen LogP contribution < -0.4 is 0 Å². The maximum Gasteiger partial charge on any atom is 0.305 e. The Morgan fingerprint density at radius 1 is 1.31 bits per heavy atom. The van der Waals surface area contributed by atoms with E-state index >= 15 is 0 Å². The summed E-state index contributed by atoms with van der Waals surface area (Å²) in [6.45, 7) is 13.2. The number of carbonyl (C=O) groups is 2. The highest BCUT2D eigenvalue weighted by Crippen LogP contribution is 2.43. The van der Waals surface area contributed by atoms with Crippen molar-refractivity contribution in [2.75, 3.05) is 6.54 Å². The average Bonchev–Trinajstić information content (AvgIpc) is 2.58. The van der Waals surface area contributed by atoms with Crippen LogP contribution in [-0.4, -0.2) is 28.4 Å². The summed E-state index contributed by atoms with van der Waals surface area (Å²) < 4.78 is 0. The number of hydrogen-bond donors (Lipinski definition) is 1. The normalized spacial score (nSPS) is 20.2. The molecular weight excluding hydrogens is 386 g/mol. The molecule has 1 aliphatic heterocycles. The van der Waals surface area contributed by atoms with Crippen LogP contribution in [0.15, 0.2) is 30.0 Å². The number of nitrogens with zero attached hydrogens (tertiary/aromatic N) is 1. The molecule has 0 aliphatic carbocycles. The summed E-state index contributed by atoms with van der Waals surface area (Å²) in [5, 5.41) is 9.71. The van der Waals surface area contributed by atoms with Crippen molar-refractivity contribution in [2.24, 2.45) is 11.3 Å². The van der Waals surface area contributed by atoms with Gasteiger partial charge in [0.1, 0.15) is 0 Å². The summed E-state index contributed by atoms with van der Waals surface area (Å²) in [7, 11) is 0. The van der Waals surface area contributed by atoms with Crippen molar-refractivity contribution < 1.29 is 14.7 Å². The zero-order valence-corrected chi connectivity index (χ0v) is 19.3. The second kappa shape index (κ2) is 8.91. The van der Waals surface area contributed by atoms with E-state index < -0.39 is 11.4 Å². The number of carbonyl (C=O) groups excluding carboxylic acids is 1. The minimum Gasteiger partial charge on any atom is -0.481 e. The Kier molecular flexibility index (Phi) is 7.21. The van der Waals surface area contributed by atoms with Crippen LogP contribution in [0.2, 0.25) is 5.02 Å². The van der Waals surface area contributed by atoms with Gasteiger partial charge < -0.3 is 10.0 Å². The van der Waals surface area contributed by atoms with Crippen molar-refractivity contribution in [1.82, 2.24) is 4.90 Å². The van der Waals surface area contributed by atoms with Crippen LogP contribution in [0.3, 0.4) is 0 Å². The largest absolute Gasteiger partial charge is 0.481 e. The fourth-order valence-electron chi connectivity index (χ4n) is 3.95. The second-order valence-electron chi connectivity index (χ2n) is 9.85. The summed E-state index contributed by atoms with van der Waals surface area (Å²) in [6.07, 6.45) is 4.10. The summed E-state index contributed by atoms with van der Waals surface area (Å²) in [5.74, 6) is -0.728. The lowest BCUT2D eigenvalue weighted by atomic mass is 9.68. The van der Waals surface area contributed by atoms with E-state index in [1.165, 1.54) is 0 Å². The highest BCUT2D eigenvalue weighted by atomic mass is 35.5. The maximum absolute atomic E-state index is 12.8. The molecule has 1 aromatic carbocycles. The molecule has 1 N–H and O–H groups in total. The van der Waals surface area contributed by atoms with Crippen LogP contribution in [0.5, 0.6) is 0 Å². The van der Waals surface area contributed by atoms with E-state index in [4.69, 9.17) is 16.7 Å². The van der Waals surface area contributed by atoms with Gasteiger partial charge in [0.05, 0.1) is 6.42 Å². The zero-order chi connectivity index (χ0) is 22.0. The highest BCUT2D eigenvalue weighted by molar-refractivity contribution is 6.31. The Labute approximate surface area is 179 Å². The van der Waals surface area contributed by atoms with E-state index in [1.54, 1.807) is 4.90 Å². The third-order valence-corrected chi connectivity index (χ3v) is 6.13. The van der Waals surface area contributed by atoms with E-state index in [-0.39, 0.29) is 30.2 Å². The summed E-state index contributed by atoms with van der Waals surface area (Å²) in [5.41, 5.74) is 3.09. The first-order valence-electron chi connectivity index (χ1n) is 10.4. The van der Waals surface area contributed by atoms with Gasteiger partial charge in [-0.1, -0.05) is 65.3 Å². The van der Waals surface area contributed by atoms with E-state index in [1.807, 2.05) is 12.3 Å². The third-order valence-electron chi connectivity index (χ3n) is 5.78. The number of amides is 1. The molecule has 29 heavy (non-hydrogen) atoms. The third kappa shape index (κ3) is 5.85. The lowest BCUT2D eigenvalue weighted by molar-refractivity contribution is -0.138. The molecule has 0 radical (unpaired) electrons. The molecule has 0 unspecified atom stereocenters. The van der Waals surface area contributed by atoms with E-state index in [0.717, 1.165) is 34.6 Å². The number of aliphatic carboxylic acids is 1. The quantitative estimate of drug-likeness (QED) is 0.605. The minimum atomic E-state index is -0.900. The molecule has 1 heterocycles. The van der Waals surface area contributed by atoms with Crippen LogP contribution in [0, 0.1) is 11.3 Å². The second-order valence-corrected chi connectivity index (χ2v) is 10.3. The minimum absolute atomic E-state index is 0.0499. The number of allylic oxidation sites excluding steroid dienone is 1. The van der Waals surface area contributed by atoms with E-state index in [9.17, 15) is 9.59 Å². The van der Waals surface area contributed by atoms with Gasteiger partial charge in [0.15, 0.2) is 0 Å². The Hall–Kier alpha value is -1.81. The standard InChI is InChI=1S/C24H34ClNO3/c1-16(2)19-15-26(12-10-22(28)29)21(27)14-24(19,6)18-8-7-17(20(25)13-18)9-11-23(3,4)5/h7-8,13,15-16H,9-12,14H2,1-6H3,(H,28,29)/t24-/m0/s1. The van der Waals surface area contributed by atoms with Gasteiger partial charge >= 0.3 is 5.97 Å². The number of carboxylic acid groups (broad SMARTS) is 1. The average molecular weight is 420 g/mol. The van der Waals surface area contributed by atoms with Gasteiger partial charge in [-0.25, -0.2) is 0 Å². The smallest absolute Gasteiger partial charge is 0.305 e. The topological polar surface area (TPSA) is 57.6 Å². The highest BCUT2D eigenvalue weighted by Gasteiger charge is 2.40. The van der Waals surface area contributed by atoms with Crippen LogP contribution in [0.25, 0.3) is 0 Å². The predicted octanol–water partition coefficient (Wildman–Crippen LogP) is 5.82. The van der Waals surface area contributed by atoms with E-state index in [0.29, 0.717) is 6.42 Å². The number of benzene rings is 1. The van der Waals surface area contributed by atoms with Gasteiger partial charge in [0.2, 0.25) is 5.91 Å². The summed E-state index contributed by atoms with van der Waals surface area (Å²) >= 11 is 6.64. The molecule has 0 saturated heterocycles. The number of rotatable bonds is 7. The Morgan fingerprint density at radius 3 is 2.48 bits per heavy atom. The molecule has 0 fully saturated rings. The summed E-state index contributed by atoms with van der Waals surface area (Å²) in [6, 6.07) is 6.20. The van der Waals surface area contributed by atoms with Gasteiger partial charge in [-0.15, -0.1) is 0 Å². The SMILES string of the molecule is CC(C)C1=CN(CCC(=O)O)C(=O)C[C@@]1(C)c1ccc(CCC(C)(C)C)c(Cl)c1. The molecule has 5 heteroatoms. The molecule has 0 aromatic heterocycles. The number of halogens is 1. The first kappa shape index (κ1) is 23.5. The van der Waals surface area contributed by atoms with Crippen LogP contribution in [0.4, 0.5) is 0 Å². The lowest BCUT2D eigenvalue weighted by Crippen LogP contribution is -2.42. The fraction of sp³-hybridized carbons (Fsp3) is 0.583. The van der Waals surface area contributed by atoms with Crippen molar-refractivity contribution in [2.45, 2.75) is 72.6 Å². The molecule has 160 valence electrons. The molecule has 2 rings (SSSR count). The van der Waals surface area contributed by atoms with Gasteiger partial charge in [0.25, 0.3) is 0 Å². The number of aryl methyl sites for hydroxylation is 1. The Morgan fingerprint density at radius 2 is 1.97 bits per heavy atom. The fourth-order valence-corrected chi connectivity index (χ4v) is 4.23. The van der Waals surface area contributed by atoms with Crippen molar-refractivity contribution in [3.05, 3.63) is 46.1 Å². The van der Waals surface area contributed by atoms with Crippen molar-refractivity contribution >= 4 is 23.5 Å². The molecule has 1 atom stereocenters. The van der Waals surface area contributed by atoms with Crippen molar-refractivity contribution in [3.8, 4) is 0 Å². The maximum atomic E-state index is 12.8. The molecule has 4 nitrogen and oxygen atoms in total. The van der Waals surface area contributed by atoms with Gasteiger partial charge in [-0.05, 0) is 46.9 Å². The molecule has 0 bridgehead atoms. The summed E-state index contributed by atoms with van der Waals surface area (Å²) in [4.78, 5) is 25.3. The molecule has 1 aliphatic rings. The number of carboxylic acids is 1. The zero-order valence-electron chi connectivity index (χ0n) is 18.5. The molecule has 0 spiro atoms. The number of hydrogen-bond acceptors (Lipinski definition) is 2. The van der Waals surface area contributed by atoms with Crippen LogP contribution in [0.1, 0.15) is 71.9 Å². The Balaban J connectivity index is 2.36. The monoisotopic (exact) mass is 419 g/mol. The van der Waals surface area contributed by atoms with Crippen molar-refractivity contribution in [3.63, 3.8) is 0 Å². The van der Waals surface area contributed by atoms with Crippen LogP contribution >= 0.6 is 11.6 Å². The lowest BCUT2D eigenvalue weighted by Gasteiger charge is -2.41. The van der Waals surface area contributed by atoms with Gasteiger partial charge in [0, 0.05) is 29.6 Å². The Bertz CT molecular complexity index is 807. The van der Waals surface area contributed by atoms with Gasteiger partial charge in [-0.2, -0.15) is 0 Å². The molecule has 1 amide bonds. The first-order chi connectivity index (χ1) is 13.3. The predicted molar refractivity (Wildman–Crippen MR) is 118 cm³/mol. The van der Waals surface area contributed by atoms with E-state index in [2.05, 4.69) is 53.7 Å². The molecule has 0 saturated carbocycles. The van der Waals surface area contributed by atoms with Gasteiger partial charge in [-0.3, -0.25) is 9.59 Å². The van der Waals surface area contributed by atoms with Crippen LogP contribution in [-0.2, 0) is 21.4 Å².